The SMILES string of the molecule is CC(C)NCc1coc(COc2ccc(Br)cc2F)c1. The number of hydrogen-bond donors (Lipinski definition) is 1. The first kappa shape index (κ1) is 15.1. The average molecular weight is 342 g/mol. The molecular weight excluding hydrogens is 325 g/mol. The van der Waals surface area contributed by atoms with E-state index >= 15 is 0 Å². The second-order valence-electron chi connectivity index (χ2n) is 4.82. The lowest BCUT2D eigenvalue weighted by atomic mass is 10.3. The third-order valence-electron chi connectivity index (χ3n) is 2.69. The van der Waals surface area contributed by atoms with Crippen molar-refractivity contribution in [2.24, 2.45) is 0 Å². The topological polar surface area (TPSA) is 34.4 Å². The van der Waals surface area contributed by atoms with Gasteiger partial charge in [-0.25, -0.2) is 4.39 Å². The van der Waals surface area contributed by atoms with Gasteiger partial charge in [0, 0.05) is 22.6 Å². The molecule has 2 aromatic rings. The van der Waals surface area contributed by atoms with Gasteiger partial charge in [0.1, 0.15) is 12.4 Å². The molecule has 0 unspecified atom stereocenters. The van der Waals surface area contributed by atoms with Crippen LogP contribution in [0.5, 0.6) is 5.75 Å². The first-order chi connectivity index (χ1) is 9.54. The van der Waals surface area contributed by atoms with Crippen LogP contribution in [0.1, 0.15) is 25.2 Å². The van der Waals surface area contributed by atoms with E-state index in [1.54, 1.807) is 18.4 Å². The maximum absolute atomic E-state index is 13.6. The van der Waals surface area contributed by atoms with E-state index in [1.165, 1.54) is 6.07 Å². The molecule has 1 aromatic carbocycles. The van der Waals surface area contributed by atoms with Crippen molar-refractivity contribution in [1.29, 1.82) is 0 Å². The van der Waals surface area contributed by atoms with Crippen molar-refractivity contribution in [1.82, 2.24) is 5.32 Å². The third-order valence-corrected chi connectivity index (χ3v) is 3.18. The molecule has 0 bridgehead atoms. The monoisotopic (exact) mass is 341 g/mol. The Morgan fingerprint density at radius 1 is 1.35 bits per heavy atom. The van der Waals surface area contributed by atoms with Crippen LogP contribution < -0.4 is 10.1 Å². The number of ether oxygens (including phenoxy) is 1. The zero-order chi connectivity index (χ0) is 14.5. The summed E-state index contributed by atoms with van der Waals surface area (Å²) in [6.07, 6.45) is 1.69. The van der Waals surface area contributed by atoms with Gasteiger partial charge in [0.25, 0.3) is 0 Å². The Bertz CT molecular complexity index is 569. The van der Waals surface area contributed by atoms with Crippen LogP contribution in [0.4, 0.5) is 4.39 Å². The molecule has 0 saturated carbocycles. The minimum atomic E-state index is -0.396. The highest BCUT2D eigenvalue weighted by atomic mass is 79.9. The zero-order valence-electron chi connectivity index (χ0n) is 11.5. The van der Waals surface area contributed by atoms with Gasteiger partial charge in [-0.15, -0.1) is 0 Å². The minimum absolute atomic E-state index is 0.209. The predicted octanol–water partition coefficient (Wildman–Crippen LogP) is 4.26. The largest absolute Gasteiger partial charge is 0.483 e. The highest BCUT2D eigenvalue weighted by Gasteiger charge is 2.07. The Morgan fingerprint density at radius 2 is 2.15 bits per heavy atom. The summed E-state index contributed by atoms with van der Waals surface area (Å²) in [4.78, 5) is 0. The van der Waals surface area contributed by atoms with Crippen LogP contribution in [0, 0.1) is 5.82 Å². The molecule has 0 fully saturated rings. The molecule has 20 heavy (non-hydrogen) atoms. The molecule has 2 rings (SSSR count). The average Bonchev–Trinajstić information content (AvgIpc) is 2.83. The van der Waals surface area contributed by atoms with Crippen LogP contribution in [-0.2, 0) is 13.2 Å². The molecule has 0 aliphatic heterocycles. The van der Waals surface area contributed by atoms with Crippen molar-refractivity contribution in [3.8, 4) is 5.75 Å². The molecule has 0 aliphatic carbocycles. The summed E-state index contributed by atoms with van der Waals surface area (Å²) >= 11 is 3.20. The van der Waals surface area contributed by atoms with E-state index in [9.17, 15) is 4.39 Å². The number of hydrogen-bond acceptors (Lipinski definition) is 3. The van der Waals surface area contributed by atoms with Crippen molar-refractivity contribution in [2.75, 3.05) is 0 Å². The van der Waals surface area contributed by atoms with Gasteiger partial charge >= 0.3 is 0 Å². The van der Waals surface area contributed by atoms with Gasteiger partial charge in [-0.3, -0.25) is 0 Å². The van der Waals surface area contributed by atoms with Gasteiger partial charge in [-0.1, -0.05) is 29.8 Å². The second-order valence-corrected chi connectivity index (χ2v) is 5.74. The van der Waals surface area contributed by atoms with Crippen LogP contribution in [0.3, 0.4) is 0 Å². The highest BCUT2D eigenvalue weighted by Crippen LogP contribution is 2.22. The lowest BCUT2D eigenvalue weighted by Crippen LogP contribution is -2.21. The Kier molecular flexibility index (Phi) is 5.20. The fraction of sp³-hybridized carbons (Fsp3) is 0.333. The summed E-state index contributed by atoms with van der Waals surface area (Å²) in [6.45, 7) is 5.12. The van der Waals surface area contributed by atoms with Gasteiger partial charge in [0.15, 0.2) is 11.6 Å². The number of furan rings is 1. The predicted molar refractivity (Wildman–Crippen MR) is 79.1 cm³/mol. The molecule has 3 nitrogen and oxygen atoms in total. The maximum atomic E-state index is 13.6. The molecule has 0 amide bonds. The summed E-state index contributed by atoms with van der Waals surface area (Å²) in [5.74, 6) is 0.493. The van der Waals surface area contributed by atoms with Crippen molar-refractivity contribution in [3.05, 3.63) is 52.1 Å². The van der Waals surface area contributed by atoms with Crippen LogP contribution in [-0.4, -0.2) is 6.04 Å². The summed E-state index contributed by atoms with van der Waals surface area (Å²) in [5, 5.41) is 3.30. The van der Waals surface area contributed by atoms with E-state index in [4.69, 9.17) is 9.15 Å². The fourth-order valence-electron chi connectivity index (χ4n) is 1.66. The van der Waals surface area contributed by atoms with E-state index in [0.717, 1.165) is 12.1 Å². The van der Waals surface area contributed by atoms with Gasteiger partial charge < -0.3 is 14.5 Å². The first-order valence-electron chi connectivity index (χ1n) is 6.42. The molecule has 0 saturated heterocycles. The second kappa shape index (κ2) is 6.90. The Morgan fingerprint density at radius 3 is 2.85 bits per heavy atom. The standard InChI is InChI=1S/C15H17BrFNO2/c1-10(2)18-7-11-5-13(19-8-11)9-20-15-4-3-12(16)6-14(15)17/h3-6,8,10,18H,7,9H2,1-2H3. The molecule has 1 heterocycles. The highest BCUT2D eigenvalue weighted by molar-refractivity contribution is 9.10. The fourth-order valence-corrected chi connectivity index (χ4v) is 1.99. The molecular formula is C15H17BrFNO2. The van der Waals surface area contributed by atoms with E-state index < -0.39 is 5.82 Å². The number of benzene rings is 1. The molecule has 108 valence electrons. The molecule has 1 aromatic heterocycles. The van der Waals surface area contributed by atoms with E-state index in [2.05, 4.69) is 35.1 Å². The summed E-state index contributed by atoms with van der Waals surface area (Å²) in [5.41, 5.74) is 1.05. The summed E-state index contributed by atoms with van der Waals surface area (Å²) < 4.78 is 25.0. The van der Waals surface area contributed by atoms with Crippen molar-refractivity contribution < 1.29 is 13.5 Å². The summed E-state index contributed by atoms with van der Waals surface area (Å²) in [7, 11) is 0. The van der Waals surface area contributed by atoms with E-state index in [1.807, 2.05) is 6.07 Å². The van der Waals surface area contributed by atoms with Gasteiger partial charge in [-0.2, -0.15) is 0 Å². The molecule has 5 heteroatoms. The Hall–Kier alpha value is -1.33. The molecule has 1 N–H and O–H groups in total. The van der Waals surface area contributed by atoms with Crippen molar-refractivity contribution >= 4 is 15.9 Å². The number of halogens is 2. The van der Waals surface area contributed by atoms with Gasteiger partial charge in [0.05, 0.1) is 6.26 Å². The van der Waals surface area contributed by atoms with E-state index in [0.29, 0.717) is 16.3 Å². The molecule has 0 aliphatic rings. The molecule has 0 radical (unpaired) electrons. The minimum Gasteiger partial charge on any atom is -0.483 e. The van der Waals surface area contributed by atoms with Crippen LogP contribution >= 0.6 is 15.9 Å². The van der Waals surface area contributed by atoms with Crippen LogP contribution in [0.25, 0.3) is 0 Å². The summed E-state index contributed by atoms with van der Waals surface area (Å²) in [6, 6.07) is 7.02. The Labute approximate surface area is 126 Å². The van der Waals surface area contributed by atoms with Crippen LogP contribution in [0.15, 0.2) is 39.4 Å². The normalized spacial score (nSPS) is 11.1. The molecule has 0 spiro atoms. The Balaban J connectivity index is 1.90. The van der Waals surface area contributed by atoms with Crippen molar-refractivity contribution in [2.45, 2.75) is 33.0 Å². The lowest BCUT2D eigenvalue weighted by molar-refractivity contribution is 0.258. The van der Waals surface area contributed by atoms with Crippen LogP contribution in [0.2, 0.25) is 0 Å². The number of nitrogens with one attached hydrogen (secondary N) is 1. The quantitative estimate of drug-likeness (QED) is 0.852. The smallest absolute Gasteiger partial charge is 0.166 e. The number of rotatable bonds is 6. The lowest BCUT2D eigenvalue weighted by Gasteiger charge is -2.05. The molecule has 0 atom stereocenters. The van der Waals surface area contributed by atoms with Crippen molar-refractivity contribution in [3.63, 3.8) is 0 Å². The first-order valence-corrected chi connectivity index (χ1v) is 7.21. The van der Waals surface area contributed by atoms with Gasteiger partial charge in [0.2, 0.25) is 0 Å². The van der Waals surface area contributed by atoms with Gasteiger partial charge in [-0.05, 0) is 24.3 Å². The zero-order valence-corrected chi connectivity index (χ0v) is 13.0. The maximum Gasteiger partial charge on any atom is 0.166 e. The third kappa shape index (κ3) is 4.35. The van der Waals surface area contributed by atoms with E-state index in [-0.39, 0.29) is 12.4 Å².